The summed E-state index contributed by atoms with van der Waals surface area (Å²) in [6, 6.07) is 9.27. The summed E-state index contributed by atoms with van der Waals surface area (Å²) in [5, 5.41) is 0. The molecule has 1 fully saturated rings. The smallest absolute Gasteiger partial charge is 0.323 e. The average Bonchev–Trinajstić information content (AvgIpc) is 2.41. The molecule has 2 N–H and O–H groups in total. The van der Waals surface area contributed by atoms with Crippen molar-refractivity contribution in [2.45, 2.75) is 50.7 Å². The maximum Gasteiger partial charge on any atom is 0.323 e. The van der Waals surface area contributed by atoms with Crippen LogP contribution < -0.4 is 5.73 Å². The van der Waals surface area contributed by atoms with E-state index in [1.165, 1.54) is 6.42 Å². The number of benzene rings is 1. The van der Waals surface area contributed by atoms with Gasteiger partial charge in [0.2, 0.25) is 0 Å². The summed E-state index contributed by atoms with van der Waals surface area (Å²) in [6.07, 6.45) is 6.19. The fourth-order valence-corrected chi connectivity index (χ4v) is 2.39. The van der Waals surface area contributed by atoms with E-state index in [1.807, 2.05) is 30.3 Å². The van der Waals surface area contributed by atoms with Gasteiger partial charge in [-0.1, -0.05) is 36.8 Å². The zero-order valence-corrected chi connectivity index (χ0v) is 10.7. The minimum atomic E-state index is -0.547. The molecule has 1 aliphatic rings. The van der Waals surface area contributed by atoms with Crippen LogP contribution in [0.25, 0.3) is 0 Å². The predicted molar refractivity (Wildman–Crippen MR) is 71.1 cm³/mol. The second-order valence-electron chi connectivity index (χ2n) is 4.99. The van der Waals surface area contributed by atoms with E-state index >= 15 is 0 Å². The van der Waals surface area contributed by atoms with E-state index in [0.29, 0.717) is 6.42 Å². The Balaban J connectivity index is 1.81. The minimum absolute atomic E-state index is 0.0908. The molecule has 0 heterocycles. The van der Waals surface area contributed by atoms with Crippen LogP contribution in [0.15, 0.2) is 30.3 Å². The summed E-state index contributed by atoms with van der Waals surface area (Å²) in [7, 11) is 0. The molecule has 0 aliphatic heterocycles. The first-order valence-corrected chi connectivity index (χ1v) is 6.75. The molecule has 1 saturated carbocycles. The van der Waals surface area contributed by atoms with Crippen LogP contribution in [0, 0.1) is 0 Å². The Hall–Kier alpha value is -1.35. The monoisotopic (exact) mass is 247 g/mol. The lowest BCUT2D eigenvalue weighted by atomic mass is 9.97. The van der Waals surface area contributed by atoms with Gasteiger partial charge in [-0.15, -0.1) is 0 Å². The van der Waals surface area contributed by atoms with E-state index in [4.69, 9.17) is 10.5 Å². The highest BCUT2D eigenvalue weighted by Gasteiger charge is 2.22. The molecule has 0 saturated heterocycles. The molecule has 0 radical (unpaired) electrons. The van der Waals surface area contributed by atoms with Crippen LogP contribution in [-0.2, 0) is 16.0 Å². The predicted octanol–water partition coefficient (Wildman–Crippen LogP) is 2.43. The zero-order valence-electron chi connectivity index (χ0n) is 10.7. The van der Waals surface area contributed by atoms with Gasteiger partial charge in [0.1, 0.15) is 12.1 Å². The number of esters is 1. The van der Waals surface area contributed by atoms with Gasteiger partial charge in [0, 0.05) is 0 Å². The summed E-state index contributed by atoms with van der Waals surface area (Å²) in [4.78, 5) is 11.9. The van der Waals surface area contributed by atoms with Gasteiger partial charge in [-0.25, -0.2) is 0 Å². The highest BCUT2D eigenvalue weighted by Crippen LogP contribution is 2.20. The average molecular weight is 247 g/mol. The van der Waals surface area contributed by atoms with E-state index in [0.717, 1.165) is 31.2 Å². The highest BCUT2D eigenvalue weighted by atomic mass is 16.5. The van der Waals surface area contributed by atoms with Gasteiger partial charge in [0.25, 0.3) is 0 Å². The number of rotatable bonds is 4. The van der Waals surface area contributed by atoms with Gasteiger partial charge in [0.15, 0.2) is 0 Å². The van der Waals surface area contributed by atoms with Crippen molar-refractivity contribution in [3.05, 3.63) is 35.9 Å². The van der Waals surface area contributed by atoms with Crippen LogP contribution in [0.1, 0.15) is 37.7 Å². The van der Waals surface area contributed by atoms with E-state index in [2.05, 4.69) is 0 Å². The quantitative estimate of drug-likeness (QED) is 0.831. The van der Waals surface area contributed by atoms with Gasteiger partial charge >= 0.3 is 5.97 Å². The lowest BCUT2D eigenvalue weighted by molar-refractivity contribution is -0.152. The van der Waals surface area contributed by atoms with E-state index in [-0.39, 0.29) is 12.1 Å². The molecule has 3 nitrogen and oxygen atoms in total. The first-order valence-electron chi connectivity index (χ1n) is 6.75. The van der Waals surface area contributed by atoms with E-state index in [9.17, 15) is 4.79 Å². The van der Waals surface area contributed by atoms with Crippen molar-refractivity contribution in [2.24, 2.45) is 5.73 Å². The van der Waals surface area contributed by atoms with Crippen molar-refractivity contribution < 1.29 is 9.53 Å². The van der Waals surface area contributed by atoms with E-state index in [1.54, 1.807) is 0 Å². The molecule has 18 heavy (non-hydrogen) atoms. The van der Waals surface area contributed by atoms with Crippen LogP contribution in [-0.4, -0.2) is 18.1 Å². The maximum atomic E-state index is 11.9. The van der Waals surface area contributed by atoms with Gasteiger partial charge in [-0.2, -0.15) is 0 Å². The summed E-state index contributed by atoms with van der Waals surface area (Å²) < 4.78 is 5.46. The van der Waals surface area contributed by atoms with Crippen LogP contribution in [0.4, 0.5) is 0 Å². The largest absolute Gasteiger partial charge is 0.461 e. The Bertz CT molecular complexity index is 371. The van der Waals surface area contributed by atoms with Crippen molar-refractivity contribution in [1.82, 2.24) is 0 Å². The molecule has 0 amide bonds. The summed E-state index contributed by atoms with van der Waals surface area (Å²) in [6.45, 7) is 0. The molecule has 1 aromatic carbocycles. The Morgan fingerprint density at radius 2 is 1.89 bits per heavy atom. The van der Waals surface area contributed by atoms with Crippen LogP contribution in [0.3, 0.4) is 0 Å². The summed E-state index contributed by atoms with van der Waals surface area (Å²) in [5.74, 6) is -0.259. The maximum absolute atomic E-state index is 11.9. The molecule has 0 unspecified atom stereocenters. The Morgan fingerprint density at radius 1 is 1.22 bits per heavy atom. The van der Waals surface area contributed by atoms with Crippen molar-refractivity contribution in [3.8, 4) is 0 Å². The first kappa shape index (κ1) is 13.1. The molecule has 2 rings (SSSR count). The molecule has 0 spiro atoms. The van der Waals surface area contributed by atoms with Crippen molar-refractivity contribution in [2.75, 3.05) is 0 Å². The standard InChI is InChI=1S/C15H21NO2/c16-14(11-12-7-3-1-4-8-12)15(17)18-13-9-5-2-6-10-13/h1,3-4,7-8,13-14H,2,5-6,9-11,16H2/t14-/m0/s1. The van der Waals surface area contributed by atoms with Gasteiger partial charge in [-0.05, 0) is 37.7 Å². The summed E-state index contributed by atoms with van der Waals surface area (Å²) >= 11 is 0. The molecule has 1 atom stereocenters. The lowest BCUT2D eigenvalue weighted by Crippen LogP contribution is -2.37. The van der Waals surface area contributed by atoms with Crippen LogP contribution >= 0.6 is 0 Å². The SMILES string of the molecule is N[C@@H](Cc1ccccc1)C(=O)OC1CCCCC1. The fraction of sp³-hybridized carbons (Fsp3) is 0.533. The number of nitrogens with two attached hydrogens (primary N) is 1. The molecule has 1 aliphatic carbocycles. The number of carbonyl (C=O) groups excluding carboxylic acids is 1. The fourth-order valence-electron chi connectivity index (χ4n) is 2.39. The second kappa shape index (κ2) is 6.55. The van der Waals surface area contributed by atoms with Crippen molar-refractivity contribution >= 4 is 5.97 Å². The molecule has 1 aromatic rings. The molecule has 0 bridgehead atoms. The van der Waals surface area contributed by atoms with Crippen molar-refractivity contribution in [1.29, 1.82) is 0 Å². The molecule has 3 heteroatoms. The van der Waals surface area contributed by atoms with Gasteiger partial charge in [0.05, 0.1) is 0 Å². The number of hydrogen-bond donors (Lipinski definition) is 1. The third-order valence-corrected chi connectivity index (χ3v) is 3.44. The molecular weight excluding hydrogens is 226 g/mol. The van der Waals surface area contributed by atoms with Gasteiger partial charge in [-0.3, -0.25) is 4.79 Å². The highest BCUT2D eigenvalue weighted by molar-refractivity contribution is 5.76. The first-order chi connectivity index (χ1) is 8.75. The normalized spacial score (nSPS) is 18.3. The molecule has 0 aromatic heterocycles. The third-order valence-electron chi connectivity index (χ3n) is 3.44. The topological polar surface area (TPSA) is 52.3 Å². The molecule has 98 valence electrons. The number of carbonyl (C=O) groups is 1. The third kappa shape index (κ3) is 3.84. The van der Waals surface area contributed by atoms with Crippen LogP contribution in [0.5, 0.6) is 0 Å². The Labute approximate surface area is 108 Å². The Morgan fingerprint density at radius 3 is 2.56 bits per heavy atom. The van der Waals surface area contributed by atoms with Gasteiger partial charge < -0.3 is 10.5 Å². The van der Waals surface area contributed by atoms with Crippen molar-refractivity contribution in [3.63, 3.8) is 0 Å². The minimum Gasteiger partial charge on any atom is -0.461 e. The number of ether oxygens (including phenoxy) is 1. The van der Waals surface area contributed by atoms with E-state index < -0.39 is 6.04 Å². The second-order valence-corrected chi connectivity index (χ2v) is 4.99. The zero-order chi connectivity index (χ0) is 12.8. The van der Waals surface area contributed by atoms with Crippen LogP contribution in [0.2, 0.25) is 0 Å². The Kier molecular flexibility index (Phi) is 4.76. The lowest BCUT2D eigenvalue weighted by Gasteiger charge is -2.23. The molecular formula is C15H21NO2. The number of hydrogen-bond acceptors (Lipinski definition) is 3. The summed E-state index contributed by atoms with van der Waals surface area (Å²) in [5.41, 5.74) is 6.97.